The van der Waals surface area contributed by atoms with Crippen LogP contribution in [0.4, 0.5) is 0 Å². The molecule has 0 heterocycles. The molecule has 4 nitrogen and oxygen atoms in total. The van der Waals surface area contributed by atoms with E-state index in [0.717, 1.165) is 26.2 Å². The van der Waals surface area contributed by atoms with Crippen LogP contribution in [-0.2, 0) is 4.79 Å². The number of carboxylic acid groups (broad SMARTS) is 1. The Morgan fingerprint density at radius 1 is 0.905 bits per heavy atom. The summed E-state index contributed by atoms with van der Waals surface area (Å²) in [6.45, 7) is 22.2. The van der Waals surface area contributed by atoms with Gasteiger partial charge in [0.15, 0.2) is 0 Å². The molecule has 0 aliphatic rings. The molecule has 0 fully saturated rings. The maximum Gasteiger partial charge on any atom is 0.330 e. The zero-order valence-corrected chi connectivity index (χ0v) is 13.8. The van der Waals surface area contributed by atoms with Crippen molar-refractivity contribution in [3.8, 4) is 0 Å². The summed E-state index contributed by atoms with van der Waals surface area (Å²) in [5.41, 5.74) is 0.176. The smallest absolute Gasteiger partial charge is 0.330 e. The Hall–Kier alpha value is -1.62. The number of carbonyl (C=O) groups is 1. The van der Waals surface area contributed by atoms with Gasteiger partial charge in [-0.3, -0.25) is 0 Å². The van der Waals surface area contributed by atoms with Crippen molar-refractivity contribution in [3.05, 3.63) is 62.8 Å². The van der Waals surface area contributed by atoms with E-state index in [0.29, 0.717) is 0 Å². The Labute approximate surface area is 135 Å². The maximum atomic E-state index is 9.60. The lowest BCUT2D eigenvalue weighted by atomic mass is 10.4. The summed E-state index contributed by atoms with van der Waals surface area (Å²) in [5, 5.41) is 14.0. The summed E-state index contributed by atoms with van der Waals surface area (Å²) in [7, 11) is 0. The fourth-order valence-electron chi connectivity index (χ4n) is 0.575. The van der Waals surface area contributed by atoms with Crippen LogP contribution in [0.2, 0.25) is 0 Å². The third-order valence-electron chi connectivity index (χ3n) is 1.52. The molecule has 5 heteroatoms. The molecule has 0 aliphatic carbocycles. The summed E-state index contributed by atoms with van der Waals surface area (Å²) in [4.78, 5) is 9.60. The molecule has 0 bridgehead atoms. The van der Waals surface area contributed by atoms with Crippen molar-refractivity contribution < 1.29 is 9.90 Å². The molecule has 0 spiro atoms. The van der Waals surface area contributed by atoms with Gasteiger partial charge in [-0.1, -0.05) is 30.9 Å². The highest BCUT2D eigenvalue weighted by molar-refractivity contribution is 5.85. The molecule has 122 valence electrons. The molecule has 0 aromatic heterocycles. The Bertz CT molecular complexity index is 257. The topological polar surface area (TPSA) is 61.4 Å². The Balaban J connectivity index is -0.000000101. The van der Waals surface area contributed by atoms with Crippen LogP contribution in [0.1, 0.15) is 6.92 Å². The van der Waals surface area contributed by atoms with Gasteiger partial charge >= 0.3 is 5.97 Å². The van der Waals surface area contributed by atoms with E-state index < -0.39 is 5.97 Å². The third kappa shape index (κ3) is 45.8. The molecular formula is C16H29ClN2O2. The fourth-order valence-corrected chi connectivity index (χ4v) is 0.575. The van der Waals surface area contributed by atoms with Crippen molar-refractivity contribution in [2.24, 2.45) is 0 Å². The van der Waals surface area contributed by atoms with Crippen LogP contribution in [0.3, 0.4) is 0 Å². The molecule has 3 N–H and O–H groups in total. The first-order valence-corrected chi connectivity index (χ1v) is 6.21. The lowest BCUT2D eigenvalue weighted by Gasteiger charge is -1.90. The fraction of sp³-hybridized carbons (Fsp3) is 0.312. The van der Waals surface area contributed by atoms with Crippen LogP contribution in [0.25, 0.3) is 0 Å². The summed E-state index contributed by atoms with van der Waals surface area (Å²) >= 11 is 0. The van der Waals surface area contributed by atoms with Gasteiger partial charge in [0.2, 0.25) is 0 Å². The van der Waals surface area contributed by atoms with Crippen molar-refractivity contribution >= 4 is 18.4 Å². The summed E-state index contributed by atoms with van der Waals surface area (Å²) in [6, 6.07) is 0. The number of hydrogen-bond acceptors (Lipinski definition) is 3. The van der Waals surface area contributed by atoms with Crippen molar-refractivity contribution in [2.45, 2.75) is 6.92 Å². The monoisotopic (exact) mass is 316 g/mol. The quantitative estimate of drug-likeness (QED) is 0.348. The van der Waals surface area contributed by atoms with E-state index in [9.17, 15) is 4.79 Å². The van der Waals surface area contributed by atoms with Crippen molar-refractivity contribution in [1.29, 1.82) is 0 Å². The minimum atomic E-state index is -0.935. The Morgan fingerprint density at radius 3 is 1.19 bits per heavy atom. The second kappa shape index (κ2) is 26.8. The van der Waals surface area contributed by atoms with Gasteiger partial charge in [-0.25, -0.2) is 4.79 Å². The maximum absolute atomic E-state index is 9.60. The number of nitrogens with one attached hydrogen (secondary N) is 2. The molecule has 0 saturated carbocycles. The van der Waals surface area contributed by atoms with Gasteiger partial charge in [0, 0.05) is 31.8 Å². The molecule has 0 radical (unpaired) electrons. The van der Waals surface area contributed by atoms with Crippen LogP contribution >= 0.6 is 12.4 Å². The van der Waals surface area contributed by atoms with Crippen LogP contribution in [-0.4, -0.2) is 37.3 Å². The van der Waals surface area contributed by atoms with E-state index >= 15 is 0 Å². The second-order valence-electron chi connectivity index (χ2n) is 3.56. The number of aliphatic carboxylic acids is 1. The molecular weight excluding hydrogens is 288 g/mol. The van der Waals surface area contributed by atoms with Crippen molar-refractivity contribution in [3.63, 3.8) is 0 Å². The number of halogens is 1. The predicted molar refractivity (Wildman–Crippen MR) is 96.2 cm³/mol. The molecule has 0 saturated heterocycles. The first-order valence-electron chi connectivity index (χ1n) is 6.21. The predicted octanol–water partition coefficient (Wildman–Crippen LogP) is 2.96. The van der Waals surface area contributed by atoms with Gasteiger partial charge in [0.25, 0.3) is 0 Å². The molecule has 0 amide bonds. The average molecular weight is 317 g/mol. The summed E-state index contributed by atoms with van der Waals surface area (Å²) < 4.78 is 0. The summed E-state index contributed by atoms with van der Waals surface area (Å²) in [6.07, 6.45) is 7.29. The van der Waals surface area contributed by atoms with E-state index in [1.165, 1.54) is 6.92 Å². The van der Waals surface area contributed by atoms with Gasteiger partial charge < -0.3 is 15.7 Å². The van der Waals surface area contributed by atoms with E-state index in [4.69, 9.17) is 5.11 Å². The van der Waals surface area contributed by atoms with Gasteiger partial charge in [-0.2, -0.15) is 0 Å². The zero-order valence-electron chi connectivity index (χ0n) is 12.9. The largest absolute Gasteiger partial charge is 0.478 e. The molecule has 0 aromatic carbocycles. The molecule has 0 rings (SSSR count). The van der Waals surface area contributed by atoms with Gasteiger partial charge in [0.05, 0.1) is 0 Å². The average Bonchev–Trinajstić information content (AvgIpc) is 2.41. The van der Waals surface area contributed by atoms with E-state index in [2.05, 4.69) is 43.5 Å². The molecule has 0 aliphatic heterocycles. The van der Waals surface area contributed by atoms with Crippen LogP contribution in [0.15, 0.2) is 62.8 Å². The molecule has 0 atom stereocenters. The second-order valence-corrected chi connectivity index (χ2v) is 3.56. The van der Waals surface area contributed by atoms with Gasteiger partial charge in [0.1, 0.15) is 0 Å². The van der Waals surface area contributed by atoms with Gasteiger partial charge in [-0.05, 0) is 6.92 Å². The van der Waals surface area contributed by atoms with Crippen LogP contribution < -0.4 is 10.6 Å². The van der Waals surface area contributed by atoms with E-state index in [1.807, 2.05) is 24.3 Å². The molecule has 0 aromatic rings. The summed E-state index contributed by atoms with van der Waals surface area (Å²) in [5.74, 6) is -0.935. The first-order chi connectivity index (χ1) is 9.47. The minimum Gasteiger partial charge on any atom is -0.478 e. The number of carboxylic acids is 1. The Kier molecular flexibility index (Phi) is 35.4. The van der Waals surface area contributed by atoms with Crippen LogP contribution in [0.5, 0.6) is 0 Å². The number of rotatable bonds is 9. The van der Waals surface area contributed by atoms with Crippen molar-refractivity contribution in [1.82, 2.24) is 10.6 Å². The van der Waals surface area contributed by atoms with Crippen molar-refractivity contribution in [2.75, 3.05) is 26.2 Å². The van der Waals surface area contributed by atoms with Crippen LogP contribution in [0, 0.1) is 0 Å². The normalized spacial score (nSPS) is 7.48. The lowest BCUT2D eigenvalue weighted by Crippen LogP contribution is -2.11. The SMILES string of the molecule is C=C(C)C(=O)O.C=CCNCC=C.C=CCNCC=C.Cl. The first kappa shape index (κ1) is 27.7. The third-order valence-corrected chi connectivity index (χ3v) is 1.52. The van der Waals surface area contributed by atoms with E-state index in [-0.39, 0.29) is 18.0 Å². The zero-order chi connectivity index (χ0) is 16.2. The lowest BCUT2D eigenvalue weighted by molar-refractivity contribution is -0.132. The highest BCUT2D eigenvalue weighted by Gasteiger charge is 1.90. The highest BCUT2D eigenvalue weighted by Crippen LogP contribution is 1.81. The van der Waals surface area contributed by atoms with E-state index in [1.54, 1.807) is 0 Å². The molecule has 21 heavy (non-hydrogen) atoms. The molecule has 0 unspecified atom stereocenters. The minimum absolute atomic E-state index is 0. The van der Waals surface area contributed by atoms with Gasteiger partial charge in [-0.15, -0.1) is 38.7 Å². The Morgan fingerprint density at radius 2 is 1.10 bits per heavy atom. The standard InChI is InChI=1S/2C6H11N.C4H6O2.ClH/c2*1-3-5-7-6-4-2;1-3(2)4(5)6;/h2*3-4,7H,1-2,5-6H2;1H2,2H3,(H,5,6);1H. The highest BCUT2D eigenvalue weighted by atomic mass is 35.5. The number of hydrogen-bond donors (Lipinski definition) is 3.